The zero-order valence-corrected chi connectivity index (χ0v) is 14.5. The predicted molar refractivity (Wildman–Crippen MR) is 97.0 cm³/mol. The van der Waals surface area contributed by atoms with Crippen LogP contribution >= 0.6 is 11.3 Å². The number of aromatic nitrogens is 1. The molecule has 1 heterocycles. The van der Waals surface area contributed by atoms with E-state index >= 15 is 0 Å². The summed E-state index contributed by atoms with van der Waals surface area (Å²) >= 11 is 1.60. The number of hydrogen-bond donors (Lipinski definition) is 0. The lowest BCUT2D eigenvalue weighted by Crippen LogP contribution is -2.29. The Bertz CT molecular complexity index is 839. The van der Waals surface area contributed by atoms with Crippen molar-refractivity contribution in [2.75, 3.05) is 4.90 Å². The van der Waals surface area contributed by atoms with Crippen molar-refractivity contribution in [2.24, 2.45) is 0 Å². The quantitative estimate of drug-likeness (QED) is 0.687. The van der Waals surface area contributed by atoms with Crippen LogP contribution in [0.3, 0.4) is 0 Å². The Kier molecular flexibility index (Phi) is 4.44. The minimum Gasteiger partial charge on any atom is -0.284 e. The number of anilines is 1. The molecule has 0 N–H and O–H groups in total. The summed E-state index contributed by atoms with van der Waals surface area (Å²) in [6.07, 6.45) is 0.473. The highest BCUT2D eigenvalue weighted by Crippen LogP contribution is 2.33. The van der Waals surface area contributed by atoms with E-state index in [1.165, 1.54) is 11.1 Å². The maximum absolute atomic E-state index is 12.4. The van der Waals surface area contributed by atoms with Gasteiger partial charge in [-0.05, 0) is 36.6 Å². The molecule has 0 saturated heterocycles. The summed E-state index contributed by atoms with van der Waals surface area (Å²) < 4.78 is 1.16. The predicted octanol–water partition coefficient (Wildman–Crippen LogP) is 4.86. The molecule has 2 aromatic carbocycles. The Morgan fingerprint density at radius 2 is 1.91 bits per heavy atom. The van der Waals surface area contributed by atoms with Crippen molar-refractivity contribution in [3.05, 3.63) is 59.2 Å². The Morgan fingerprint density at radius 1 is 1.17 bits per heavy atom. The second-order valence-corrected chi connectivity index (χ2v) is 6.72. The second-order valence-electron chi connectivity index (χ2n) is 5.75. The van der Waals surface area contributed by atoms with Crippen molar-refractivity contribution in [3.63, 3.8) is 0 Å². The summed E-state index contributed by atoms with van der Waals surface area (Å²) in [5, 5.41) is 0.782. The van der Waals surface area contributed by atoms with Gasteiger partial charge in [0, 0.05) is 6.42 Å². The Balaban J connectivity index is 2.03. The molecule has 0 atom stereocenters. The maximum atomic E-state index is 12.4. The first kappa shape index (κ1) is 15.7. The van der Waals surface area contributed by atoms with Crippen molar-refractivity contribution in [1.29, 1.82) is 0 Å². The van der Waals surface area contributed by atoms with E-state index in [9.17, 15) is 4.79 Å². The fraction of sp³-hybridized carbons (Fsp3) is 0.263. The maximum Gasteiger partial charge on any atom is 0.228 e. The molecule has 0 aliphatic carbocycles. The van der Waals surface area contributed by atoms with Gasteiger partial charge in [0.25, 0.3) is 0 Å². The Hall–Kier alpha value is -2.20. The van der Waals surface area contributed by atoms with Crippen LogP contribution in [-0.2, 0) is 11.3 Å². The van der Waals surface area contributed by atoms with E-state index in [1.54, 1.807) is 16.2 Å². The van der Waals surface area contributed by atoms with Crippen LogP contribution in [0.1, 0.15) is 30.0 Å². The van der Waals surface area contributed by atoms with Gasteiger partial charge in [0.15, 0.2) is 5.13 Å². The molecule has 4 heteroatoms. The molecule has 1 amide bonds. The molecular formula is C19H20N2OS. The van der Waals surface area contributed by atoms with Gasteiger partial charge < -0.3 is 0 Å². The van der Waals surface area contributed by atoms with Crippen LogP contribution in [-0.4, -0.2) is 10.9 Å². The third kappa shape index (κ3) is 3.27. The summed E-state index contributed by atoms with van der Waals surface area (Å²) in [4.78, 5) is 19.0. The number of carbonyl (C=O) groups is 1. The topological polar surface area (TPSA) is 33.2 Å². The van der Waals surface area contributed by atoms with Crippen LogP contribution < -0.4 is 4.90 Å². The number of aryl methyl sites for hydroxylation is 2. The van der Waals surface area contributed by atoms with E-state index in [2.05, 4.69) is 26.0 Å². The van der Waals surface area contributed by atoms with Gasteiger partial charge in [-0.15, -0.1) is 0 Å². The molecule has 0 fully saturated rings. The van der Waals surface area contributed by atoms with Crippen molar-refractivity contribution >= 4 is 32.6 Å². The van der Waals surface area contributed by atoms with Gasteiger partial charge in [0.2, 0.25) is 5.91 Å². The van der Waals surface area contributed by atoms with Gasteiger partial charge >= 0.3 is 0 Å². The standard InChI is InChI=1S/C19H20N2OS/c1-4-17(22)21(12-15-8-6-5-7-9-15)19-20-16-11-13(2)10-14(3)18(16)23-19/h5-11H,4,12H2,1-3H3. The minimum absolute atomic E-state index is 0.0993. The van der Waals surface area contributed by atoms with E-state index in [-0.39, 0.29) is 5.91 Å². The molecule has 23 heavy (non-hydrogen) atoms. The van der Waals surface area contributed by atoms with E-state index in [4.69, 9.17) is 4.98 Å². The summed E-state index contributed by atoms with van der Waals surface area (Å²) in [6, 6.07) is 14.3. The fourth-order valence-electron chi connectivity index (χ4n) is 2.70. The van der Waals surface area contributed by atoms with Crippen molar-refractivity contribution < 1.29 is 4.79 Å². The van der Waals surface area contributed by atoms with E-state index in [0.717, 1.165) is 20.9 Å². The molecule has 3 aromatic rings. The molecule has 0 aliphatic heterocycles. The molecule has 0 bridgehead atoms. The van der Waals surface area contributed by atoms with Crippen LogP contribution in [0.25, 0.3) is 10.2 Å². The number of benzene rings is 2. The molecular weight excluding hydrogens is 304 g/mol. The highest BCUT2D eigenvalue weighted by Gasteiger charge is 2.19. The number of hydrogen-bond acceptors (Lipinski definition) is 3. The van der Waals surface area contributed by atoms with E-state index in [1.807, 2.05) is 37.3 Å². The zero-order chi connectivity index (χ0) is 16.4. The fourth-order valence-corrected chi connectivity index (χ4v) is 3.73. The van der Waals surface area contributed by atoms with Gasteiger partial charge in [-0.25, -0.2) is 4.98 Å². The molecule has 1 aromatic heterocycles. The first-order chi connectivity index (χ1) is 11.1. The number of amides is 1. The Morgan fingerprint density at radius 3 is 2.61 bits per heavy atom. The number of thiazole rings is 1. The lowest BCUT2D eigenvalue weighted by Gasteiger charge is -2.19. The van der Waals surface area contributed by atoms with Gasteiger partial charge in [0.05, 0.1) is 16.8 Å². The molecule has 118 valence electrons. The Labute approximate surface area is 140 Å². The lowest BCUT2D eigenvalue weighted by atomic mass is 10.1. The average molecular weight is 324 g/mol. The second kappa shape index (κ2) is 6.50. The third-order valence-corrected chi connectivity index (χ3v) is 5.06. The lowest BCUT2D eigenvalue weighted by molar-refractivity contribution is -0.118. The van der Waals surface area contributed by atoms with Gasteiger partial charge in [-0.1, -0.05) is 54.7 Å². The largest absolute Gasteiger partial charge is 0.284 e. The zero-order valence-electron chi connectivity index (χ0n) is 13.7. The monoisotopic (exact) mass is 324 g/mol. The summed E-state index contributed by atoms with van der Waals surface area (Å²) in [6.45, 7) is 6.62. The molecule has 0 saturated carbocycles. The highest BCUT2D eigenvalue weighted by molar-refractivity contribution is 7.22. The average Bonchev–Trinajstić information content (AvgIpc) is 2.97. The first-order valence-corrected chi connectivity index (χ1v) is 8.62. The smallest absolute Gasteiger partial charge is 0.228 e. The van der Waals surface area contributed by atoms with E-state index < -0.39 is 0 Å². The van der Waals surface area contributed by atoms with Crippen LogP contribution in [0.4, 0.5) is 5.13 Å². The molecule has 0 unspecified atom stereocenters. The molecule has 0 aliphatic rings. The number of nitrogens with zero attached hydrogens (tertiary/aromatic N) is 2. The molecule has 3 rings (SSSR count). The van der Waals surface area contributed by atoms with Gasteiger partial charge in [0.1, 0.15) is 0 Å². The van der Waals surface area contributed by atoms with Crippen molar-refractivity contribution in [2.45, 2.75) is 33.7 Å². The van der Waals surface area contributed by atoms with Crippen LogP contribution in [0, 0.1) is 13.8 Å². The SMILES string of the molecule is CCC(=O)N(Cc1ccccc1)c1nc2cc(C)cc(C)c2s1. The van der Waals surface area contributed by atoms with Crippen LogP contribution in [0.15, 0.2) is 42.5 Å². The molecule has 0 radical (unpaired) electrons. The number of carbonyl (C=O) groups excluding carboxylic acids is 1. The van der Waals surface area contributed by atoms with Crippen molar-refractivity contribution in [3.8, 4) is 0 Å². The van der Waals surface area contributed by atoms with Crippen LogP contribution in [0.5, 0.6) is 0 Å². The number of fused-ring (bicyclic) bond motifs is 1. The first-order valence-electron chi connectivity index (χ1n) is 7.80. The van der Waals surface area contributed by atoms with Gasteiger partial charge in [-0.2, -0.15) is 0 Å². The minimum atomic E-state index is 0.0993. The molecule has 3 nitrogen and oxygen atoms in total. The van der Waals surface area contributed by atoms with Crippen LogP contribution in [0.2, 0.25) is 0 Å². The summed E-state index contributed by atoms with van der Waals surface area (Å²) in [5.74, 6) is 0.0993. The normalized spacial score (nSPS) is 10.9. The summed E-state index contributed by atoms with van der Waals surface area (Å²) in [5.41, 5.74) is 4.50. The van der Waals surface area contributed by atoms with Gasteiger partial charge in [-0.3, -0.25) is 9.69 Å². The summed E-state index contributed by atoms with van der Waals surface area (Å²) in [7, 11) is 0. The van der Waals surface area contributed by atoms with E-state index in [0.29, 0.717) is 13.0 Å². The third-order valence-electron chi connectivity index (χ3n) is 3.83. The molecule has 0 spiro atoms. The van der Waals surface area contributed by atoms with Crippen molar-refractivity contribution in [1.82, 2.24) is 4.98 Å². The number of rotatable bonds is 4. The highest BCUT2D eigenvalue weighted by atomic mass is 32.1.